The highest BCUT2D eigenvalue weighted by atomic mass is 127. The highest BCUT2D eigenvalue weighted by Gasteiger charge is 2.21. The lowest BCUT2D eigenvalue weighted by atomic mass is 10.2. The van der Waals surface area contributed by atoms with Crippen molar-refractivity contribution in [3.63, 3.8) is 0 Å². The van der Waals surface area contributed by atoms with Crippen LogP contribution in [0, 0.1) is 0 Å². The zero-order valence-corrected chi connectivity index (χ0v) is 18.4. The second kappa shape index (κ2) is 11.6. The Kier molecular flexibility index (Phi) is 10.2. The lowest BCUT2D eigenvalue weighted by molar-refractivity contribution is 0.201. The summed E-state index contributed by atoms with van der Waals surface area (Å²) in [7, 11) is 0. The van der Waals surface area contributed by atoms with Gasteiger partial charge in [0.25, 0.3) is 0 Å². The minimum Gasteiger partial charge on any atom is -0.369 e. The fraction of sp³-hybridized carbons (Fsp3) is 0.632. The first-order valence-corrected chi connectivity index (χ1v) is 9.19. The van der Waals surface area contributed by atoms with E-state index in [1.165, 1.54) is 5.69 Å². The molecular formula is C19H34IN5. The second-order valence-electron chi connectivity index (χ2n) is 6.73. The number of guanidine groups is 1. The summed E-state index contributed by atoms with van der Waals surface area (Å²) in [5, 5.41) is 6.69. The molecule has 0 bridgehead atoms. The van der Waals surface area contributed by atoms with Crippen LogP contribution in [0.3, 0.4) is 0 Å². The summed E-state index contributed by atoms with van der Waals surface area (Å²) in [6.45, 7) is 14.7. The molecule has 0 radical (unpaired) electrons. The molecule has 1 atom stereocenters. The van der Waals surface area contributed by atoms with Crippen molar-refractivity contribution in [2.24, 2.45) is 4.99 Å². The molecule has 1 aliphatic rings. The molecule has 0 amide bonds. The van der Waals surface area contributed by atoms with E-state index in [2.05, 4.69) is 78.5 Å². The minimum absolute atomic E-state index is 0. The second-order valence-corrected chi connectivity index (χ2v) is 6.73. The van der Waals surface area contributed by atoms with Crippen molar-refractivity contribution in [3.05, 3.63) is 30.3 Å². The Morgan fingerprint density at radius 3 is 2.28 bits per heavy atom. The Labute approximate surface area is 170 Å². The first kappa shape index (κ1) is 22.0. The molecule has 142 valence electrons. The van der Waals surface area contributed by atoms with Crippen LogP contribution in [0.5, 0.6) is 0 Å². The van der Waals surface area contributed by atoms with E-state index in [-0.39, 0.29) is 24.0 Å². The third kappa shape index (κ3) is 7.40. The van der Waals surface area contributed by atoms with Gasteiger partial charge in [-0.1, -0.05) is 18.2 Å². The highest BCUT2D eigenvalue weighted by molar-refractivity contribution is 14.0. The fourth-order valence-electron chi connectivity index (χ4n) is 2.99. The molecule has 1 heterocycles. The average molecular weight is 459 g/mol. The Morgan fingerprint density at radius 2 is 1.72 bits per heavy atom. The van der Waals surface area contributed by atoms with Gasteiger partial charge in [-0.05, 0) is 39.8 Å². The number of benzene rings is 1. The van der Waals surface area contributed by atoms with Gasteiger partial charge in [0.1, 0.15) is 0 Å². The number of rotatable bonds is 6. The van der Waals surface area contributed by atoms with Gasteiger partial charge in [-0.2, -0.15) is 0 Å². The molecule has 1 unspecified atom stereocenters. The van der Waals surface area contributed by atoms with Crippen molar-refractivity contribution in [1.29, 1.82) is 0 Å². The molecule has 2 rings (SSSR count). The van der Waals surface area contributed by atoms with Crippen LogP contribution in [0.15, 0.2) is 35.3 Å². The van der Waals surface area contributed by atoms with E-state index >= 15 is 0 Å². The van der Waals surface area contributed by atoms with Gasteiger partial charge in [0.2, 0.25) is 0 Å². The van der Waals surface area contributed by atoms with Gasteiger partial charge >= 0.3 is 0 Å². The quantitative estimate of drug-likeness (QED) is 0.390. The summed E-state index contributed by atoms with van der Waals surface area (Å²) in [5.74, 6) is 0.919. The van der Waals surface area contributed by atoms with E-state index in [0.29, 0.717) is 12.1 Å². The molecule has 5 nitrogen and oxygen atoms in total. The smallest absolute Gasteiger partial charge is 0.191 e. The first-order valence-electron chi connectivity index (χ1n) is 9.19. The highest BCUT2D eigenvalue weighted by Crippen LogP contribution is 2.16. The number of hydrogen-bond acceptors (Lipinski definition) is 3. The number of nitrogens with zero attached hydrogens (tertiary/aromatic N) is 3. The molecule has 1 saturated heterocycles. The van der Waals surface area contributed by atoms with Gasteiger partial charge in [0, 0.05) is 50.5 Å². The molecule has 1 aromatic carbocycles. The van der Waals surface area contributed by atoms with Gasteiger partial charge in [-0.25, -0.2) is 0 Å². The number of aliphatic imine (C=N–C) groups is 1. The molecule has 1 aromatic rings. The topological polar surface area (TPSA) is 42.9 Å². The van der Waals surface area contributed by atoms with Crippen molar-refractivity contribution in [2.75, 3.05) is 44.2 Å². The number of anilines is 1. The Bertz CT molecular complexity index is 498. The Balaban J connectivity index is 0.00000312. The van der Waals surface area contributed by atoms with E-state index in [1.807, 2.05) is 0 Å². The van der Waals surface area contributed by atoms with Crippen molar-refractivity contribution in [1.82, 2.24) is 15.5 Å². The molecule has 0 saturated carbocycles. The number of nitrogens with one attached hydrogen (secondary N) is 2. The third-order valence-electron chi connectivity index (χ3n) is 4.34. The Morgan fingerprint density at radius 1 is 1.08 bits per heavy atom. The van der Waals surface area contributed by atoms with Crippen molar-refractivity contribution in [3.8, 4) is 0 Å². The zero-order chi connectivity index (χ0) is 17.4. The minimum atomic E-state index is 0. The van der Waals surface area contributed by atoms with Crippen LogP contribution < -0.4 is 15.5 Å². The Hall–Kier alpha value is -1.02. The molecule has 1 aliphatic heterocycles. The van der Waals surface area contributed by atoms with Gasteiger partial charge in [0.15, 0.2) is 5.96 Å². The summed E-state index contributed by atoms with van der Waals surface area (Å²) in [6, 6.07) is 11.6. The van der Waals surface area contributed by atoms with Gasteiger partial charge in [0.05, 0.1) is 6.54 Å². The first-order chi connectivity index (χ1) is 11.6. The van der Waals surface area contributed by atoms with Crippen LogP contribution in [-0.2, 0) is 0 Å². The summed E-state index contributed by atoms with van der Waals surface area (Å²) >= 11 is 0. The van der Waals surface area contributed by atoms with Gasteiger partial charge < -0.3 is 15.5 Å². The number of piperazine rings is 1. The summed E-state index contributed by atoms with van der Waals surface area (Å²) in [4.78, 5) is 9.76. The van der Waals surface area contributed by atoms with Crippen molar-refractivity contribution < 1.29 is 0 Å². The maximum Gasteiger partial charge on any atom is 0.191 e. The van der Waals surface area contributed by atoms with E-state index in [9.17, 15) is 0 Å². The van der Waals surface area contributed by atoms with E-state index in [4.69, 9.17) is 4.99 Å². The van der Waals surface area contributed by atoms with Crippen LogP contribution in [0.2, 0.25) is 0 Å². The lowest BCUT2D eigenvalue weighted by Gasteiger charge is -2.38. The van der Waals surface area contributed by atoms with E-state index < -0.39 is 0 Å². The fourth-order valence-corrected chi connectivity index (χ4v) is 2.99. The van der Waals surface area contributed by atoms with Crippen LogP contribution in [0.1, 0.15) is 27.7 Å². The summed E-state index contributed by atoms with van der Waals surface area (Å²) in [6.07, 6.45) is 0. The average Bonchev–Trinajstić information content (AvgIpc) is 2.60. The molecule has 2 N–H and O–H groups in total. The van der Waals surface area contributed by atoms with Crippen LogP contribution >= 0.6 is 24.0 Å². The maximum atomic E-state index is 4.75. The molecule has 6 heteroatoms. The van der Waals surface area contributed by atoms with Crippen molar-refractivity contribution in [2.45, 2.75) is 39.8 Å². The monoisotopic (exact) mass is 459 g/mol. The predicted octanol–water partition coefficient (Wildman–Crippen LogP) is 2.78. The van der Waals surface area contributed by atoms with Crippen LogP contribution in [0.25, 0.3) is 0 Å². The molecular weight excluding hydrogens is 425 g/mol. The molecule has 0 aliphatic carbocycles. The number of halogens is 1. The zero-order valence-electron chi connectivity index (χ0n) is 16.0. The number of hydrogen-bond donors (Lipinski definition) is 2. The molecule has 0 spiro atoms. The summed E-state index contributed by atoms with van der Waals surface area (Å²) < 4.78 is 0. The van der Waals surface area contributed by atoms with Crippen LogP contribution in [0.4, 0.5) is 5.69 Å². The van der Waals surface area contributed by atoms with Crippen molar-refractivity contribution >= 4 is 35.6 Å². The van der Waals surface area contributed by atoms with Gasteiger partial charge in [-0.15, -0.1) is 24.0 Å². The van der Waals surface area contributed by atoms with Gasteiger partial charge in [-0.3, -0.25) is 9.89 Å². The SMILES string of the molecule is CCNC(=NCC(C)N1CCN(c2ccccc2)CC1)NC(C)C.I. The van der Waals surface area contributed by atoms with Crippen LogP contribution in [-0.4, -0.2) is 62.2 Å². The predicted molar refractivity (Wildman–Crippen MR) is 119 cm³/mol. The molecule has 25 heavy (non-hydrogen) atoms. The van der Waals surface area contributed by atoms with E-state index in [1.54, 1.807) is 0 Å². The third-order valence-corrected chi connectivity index (χ3v) is 4.34. The van der Waals surface area contributed by atoms with E-state index in [0.717, 1.165) is 45.2 Å². The standard InChI is InChI=1S/C19H33N5.HI/c1-5-20-19(22-16(2)3)21-15-17(4)23-11-13-24(14-12-23)18-9-7-6-8-10-18;/h6-10,16-17H,5,11-15H2,1-4H3,(H2,20,21,22);1H. The maximum absolute atomic E-state index is 4.75. The molecule has 1 fully saturated rings. The largest absolute Gasteiger partial charge is 0.369 e. The molecule has 0 aromatic heterocycles. The lowest BCUT2D eigenvalue weighted by Crippen LogP contribution is -2.50. The normalized spacial score (nSPS) is 17.2. The summed E-state index contributed by atoms with van der Waals surface area (Å²) in [5.41, 5.74) is 1.33. The number of para-hydroxylation sites is 1.